The molecule has 0 bridgehead atoms. The van der Waals surface area contributed by atoms with E-state index in [1.807, 2.05) is 37.3 Å². The molecule has 1 aliphatic rings. The van der Waals surface area contributed by atoms with Gasteiger partial charge in [0.1, 0.15) is 6.04 Å². The van der Waals surface area contributed by atoms with Gasteiger partial charge >= 0.3 is 0 Å². The van der Waals surface area contributed by atoms with E-state index >= 15 is 0 Å². The summed E-state index contributed by atoms with van der Waals surface area (Å²) in [5.41, 5.74) is 0.951. The van der Waals surface area contributed by atoms with Gasteiger partial charge in [0, 0.05) is 6.20 Å². The van der Waals surface area contributed by atoms with E-state index in [0.29, 0.717) is 13.0 Å². The second-order valence-electron chi connectivity index (χ2n) is 4.26. The number of carbonyl (C=O) groups excluding carboxylic acids is 2. The van der Waals surface area contributed by atoms with Gasteiger partial charge in [-0.05, 0) is 12.5 Å². The molecule has 1 saturated heterocycles. The smallest absolute Gasteiger partial charge is 0.251 e. The molecule has 18 heavy (non-hydrogen) atoms. The first-order chi connectivity index (χ1) is 8.70. The van der Waals surface area contributed by atoms with Crippen LogP contribution >= 0.6 is 0 Å². The van der Waals surface area contributed by atoms with Crippen LogP contribution in [0.25, 0.3) is 0 Å². The highest BCUT2D eigenvalue weighted by Gasteiger charge is 2.35. The Kier molecular flexibility index (Phi) is 3.77. The van der Waals surface area contributed by atoms with Gasteiger partial charge in [-0.2, -0.15) is 0 Å². The number of β-lactam (4-membered cyclic amide) rings is 1. The highest BCUT2D eigenvalue weighted by Crippen LogP contribution is 2.11. The number of likely N-dealkylation sites (tertiary alicyclic amines) is 1. The standard InChI is InChI=1S/C14H16N2O2/c1-2-8-16-10-12(14(16)18)15-13(17)9-11-6-4-3-5-7-11/h2-8,12H,9-10H2,1H3,(H,15,17)/b8-2+/t12-/m0/s1. The van der Waals surface area contributed by atoms with Crippen LogP contribution < -0.4 is 5.32 Å². The van der Waals surface area contributed by atoms with E-state index in [9.17, 15) is 9.59 Å². The molecule has 1 heterocycles. The number of hydrogen-bond acceptors (Lipinski definition) is 2. The van der Waals surface area contributed by atoms with Gasteiger partial charge in [0.15, 0.2) is 0 Å². The fourth-order valence-electron chi connectivity index (χ4n) is 1.90. The van der Waals surface area contributed by atoms with Crippen molar-refractivity contribution in [1.82, 2.24) is 10.2 Å². The van der Waals surface area contributed by atoms with Gasteiger partial charge in [0.05, 0.1) is 13.0 Å². The van der Waals surface area contributed by atoms with Crippen molar-refractivity contribution in [2.24, 2.45) is 0 Å². The Labute approximate surface area is 106 Å². The van der Waals surface area contributed by atoms with Gasteiger partial charge in [-0.15, -0.1) is 0 Å². The van der Waals surface area contributed by atoms with E-state index in [1.165, 1.54) is 0 Å². The van der Waals surface area contributed by atoms with Crippen LogP contribution in [0.1, 0.15) is 12.5 Å². The predicted molar refractivity (Wildman–Crippen MR) is 68.6 cm³/mol. The number of nitrogens with one attached hydrogen (secondary N) is 1. The molecule has 0 unspecified atom stereocenters. The average Bonchev–Trinajstić information content (AvgIpc) is 2.38. The Balaban J connectivity index is 1.81. The van der Waals surface area contributed by atoms with Gasteiger partial charge in [0.25, 0.3) is 5.91 Å². The van der Waals surface area contributed by atoms with E-state index in [2.05, 4.69) is 5.32 Å². The van der Waals surface area contributed by atoms with E-state index in [0.717, 1.165) is 5.56 Å². The normalized spacial score (nSPS) is 18.8. The molecule has 1 aliphatic heterocycles. The number of rotatable bonds is 4. The van der Waals surface area contributed by atoms with Gasteiger partial charge in [-0.3, -0.25) is 9.59 Å². The lowest BCUT2D eigenvalue weighted by atomic mass is 10.1. The Hall–Kier alpha value is -2.10. The summed E-state index contributed by atoms with van der Waals surface area (Å²) in [6.45, 7) is 2.41. The fraction of sp³-hybridized carbons (Fsp3) is 0.286. The van der Waals surface area contributed by atoms with E-state index in [4.69, 9.17) is 0 Å². The first-order valence-electron chi connectivity index (χ1n) is 5.97. The number of amides is 2. The number of benzene rings is 1. The third kappa shape index (κ3) is 2.77. The highest BCUT2D eigenvalue weighted by atomic mass is 16.2. The molecule has 0 aromatic heterocycles. The molecule has 2 rings (SSSR count). The molecule has 4 nitrogen and oxygen atoms in total. The molecular formula is C14H16N2O2. The van der Waals surface area contributed by atoms with E-state index in [-0.39, 0.29) is 17.9 Å². The largest absolute Gasteiger partial charge is 0.342 e. The topological polar surface area (TPSA) is 49.4 Å². The maximum absolute atomic E-state index is 11.7. The monoisotopic (exact) mass is 244 g/mol. The fourth-order valence-corrected chi connectivity index (χ4v) is 1.90. The van der Waals surface area contributed by atoms with Crippen LogP contribution in [0.5, 0.6) is 0 Å². The van der Waals surface area contributed by atoms with Crippen LogP contribution in [0.4, 0.5) is 0 Å². The summed E-state index contributed by atoms with van der Waals surface area (Å²) in [5.74, 6) is -0.158. The molecule has 1 aromatic carbocycles. The maximum Gasteiger partial charge on any atom is 0.251 e. The van der Waals surface area contributed by atoms with Crippen molar-refractivity contribution < 1.29 is 9.59 Å². The van der Waals surface area contributed by atoms with Crippen molar-refractivity contribution in [2.45, 2.75) is 19.4 Å². The first-order valence-corrected chi connectivity index (χ1v) is 5.97. The van der Waals surface area contributed by atoms with E-state index < -0.39 is 0 Å². The van der Waals surface area contributed by atoms with Gasteiger partial charge in [0.2, 0.25) is 5.91 Å². The molecule has 0 radical (unpaired) electrons. The zero-order valence-corrected chi connectivity index (χ0v) is 10.3. The number of allylic oxidation sites excluding steroid dienone is 1. The highest BCUT2D eigenvalue weighted by molar-refractivity contribution is 5.93. The van der Waals surface area contributed by atoms with Gasteiger partial charge < -0.3 is 10.2 Å². The summed E-state index contributed by atoms with van der Waals surface area (Å²) in [5, 5.41) is 2.74. The maximum atomic E-state index is 11.7. The molecule has 1 N–H and O–H groups in total. The number of hydrogen-bond donors (Lipinski definition) is 1. The minimum Gasteiger partial charge on any atom is -0.342 e. The summed E-state index contributed by atoms with van der Waals surface area (Å²) in [7, 11) is 0. The van der Waals surface area contributed by atoms with Crippen molar-refractivity contribution in [3.63, 3.8) is 0 Å². The molecule has 1 aromatic rings. The van der Waals surface area contributed by atoms with Crippen molar-refractivity contribution >= 4 is 11.8 Å². The van der Waals surface area contributed by atoms with Crippen LogP contribution in [0.3, 0.4) is 0 Å². The predicted octanol–water partition coefficient (Wildman–Crippen LogP) is 1.09. The third-order valence-corrected chi connectivity index (χ3v) is 2.83. The zero-order chi connectivity index (χ0) is 13.0. The summed E-state index contributed by atoms with van der Waals surface area (Å²) < 4.78 is 0. The Morgan fingerprint density at radius 3 is 2.78 bits per heavy atom. The average molecular weight is 244 g/mol. The lowest BCUT2D eigenvalue weighted by molar-refractivity contribution is -0.142. The molecule has 1 atom stereocenters. The van der Waals surface area contributed by atoms with Gasteiger partial charge in [-0.1, -0.05) is 36.4 Å². The Bertz CT molecular complexity index is 468. The van der Waals surface area contributed by atoms with Crippen LogP contribution in [0.15, 0.2) is 42.6 Å². The third-order valence-electron chi connectivity index (χ3n) is 2.83. The Morgan fingerprint density at radius 2 is 2.17 bits per heavy atom. The van der Waals surface area contributed by atoms with E-state index in [1.54, 1.807) is 17.2 Å². The molecule has 0 aliphatic carbocycles. The van der Waals surface area contributed by atoms with Crippen LogP contribution in [-0.4, -0.2) is 29.3 Å². The minimum absolute atomic E-state index is 0.0467. The number of nitrogens with zero attached hydrogens (tertiary/aromatic N) is 1. The minimum atomic E-state index is -0.364. The molecule has 1 fully saturated rings. The molecule has 2 amide bonds. The van der Waals surface area contributed by atoms with Crippen molar-refractivity contribution in [3.8, 4) is 0 Å². The molecule has 94 valence electrons. The van der Waals surface area contributed by atoms with Crippen LogP contribution in [0, 0.1) is 0 Å². The summed E-state index contributed by atoms with van der Waals surface area (Å²) >= 11 is 0. The van der Waals surface area contributed by atoms with Crippen molar-refractivity contribution in [3.05, 3.63) is 48.2 Å². The summed E-state index contributed by atoms with van der Waals surface area (Å²) in [6, 6.07) is 9.13. The lowest BCUT2D eigenvalue weighted by Crippen LogP contribution is -2.61. The molecule has 4 heteroatoms. The quantitative estimate of drug-likeness (QED) is 0.806. The molecular weight excluding hydrogens is 228 g/mol. The Morgan fingerprint density at radius 1 is 1.44 bits per heavy atom. The second kappa shape index (κ2) is 5.49. The summed E-state index contributed by atoms with van der Waals surface area (Å²) in [6.07, 6.45) is 3.84. The van der Waals surface area contributed by atoms with Crippen LogP contribution in [0.2, 0.25) is 0 Å². The second-order valence-corrected chi connectivity index (χ2v) is 4.26. The van der Waals surface area contributed by atoms with Crippen molar-refractivity contribution in [1.29, 1.82) is 0 Å². The SMILES string of the molecule is C/C=C/N1C[C@H](NC(=O)Cc2ccccc2)C1=O. The molecule has 0 saturated carbocycles. The van der Waals surface area contributed by atoms with Crippen molar-refractivity contribution in [2.75, 3.05) is 6.54 Å². The number of carbonyl (C=O) groups is 2. The first kappa shape index (κ1) is 12.4. The molecule has 0 spiro atoms. The van der Waals surface area contributed by atoms with Crippen LogP contribution in [-0.2, 0) is 16.0 Å². The lowest BCUT2D eigenvalue weighted by Gasteiger charge is -2.36. The zero-order valence-electron chi connectivity index (χ0n) is 10.3. The summed E-state index contributed by atoms with van der Waals surface area (Å²) in [4.78, 5) is 24.9. The van der Waals surface area contributed by atoms with Gasteiger partial charge in [-0.25, -0.2) is 0 Å².